The molecule has 4 heteroatoms. The van der Waals surface area contributed by atoms with Crippen molar-refractivity contribution >= 4 is 28.2 Å². The molecule has 3 nitrogen and oxygen atoms in total. The van der Waals surface area contributed by atoms with Gasteiger partial charge in [0.25, 0.3) is 0 Å². The highest BCUT2D eigenvalue weighted by molar-refractivity contribution is 6.34. The minimum atomic E-state index is 0.593. The van der Waals surface area contributed by atoms with Gasteiger partial charge in [0.05, 0.1) is 0 Å². The van der Waals surface area contributed by atoms with Crippen LogP contribution >= 0.6 is 11.6 Å². The summed E-state index contributed by atoms with van der Waals surface area (Å²) in [6, 6.07) is 19.0. The summed E-state index contributed by atoms with van der Waals surface area (Å²) in [5.41, 5.74) is 2.79. The zero-order valence-corrected chi connectivity index (χ0v) is 15.2. The molecule has 0 N–H and O–H groups in total. The molecule has 1 aliphatic heterocycles. The molecular formula is C21H22ClN3. The number of pyridine rings is 1. The first-order valence-electron chi connectivity index (χ1n) is 8.78. The number of nitrogens with zero attached hydrogens (tertiary/aromatic N) is 3. The second-order valence-corrected chi connectivity index (χ2v) is 7.04. The molecular weight excluding hydrogens is 330 g/mol. The van der Waals surface area contributed by atoms with Gasteiger partial charge in [-0.15, -0.1) is 0 Å². The standard InChI is InChI=1S/C21H22ClN3/c1-16-6-2-3-8-18(16)15-24-10-12-25(13-11-24)20-14-17-7-4-5-9-19(17)21(22)23-20/h2-9,14H,10-13,15H2,1H3. The van der Waals surface area contributed by atoms with Crippen LogP contribution in [0.25, 0.3) is 10.8 Å². The van der Waals surface area contributed by atoms with E-state index in [-0.39, 0.29) is 0 Å². The molecule has 25 heavy (non-hydrogen) atoms. The first kappa shape index (κ1) is 16.4. The molecule has 0 bridgehead atoms. The lowest BCUT2D eigenvalue weighted by molar-refractivity contribution is 0.249. The molecule has 0 radical (unpaired) electrons. The predicted molar refractivity (Wildman–Crippen MR) is 105 cm³/mol. The van der Waals surface area contributed by atoms with Crippen molar-refractivity contribution in [2.24, 2.45) is 0 Å². The number of fused-ring (bicyclic) bond motifs is 1. The first-order valence-corrected chi connectivity index (χ1v) is 9.15. The number of halogens is 1. The Bertz CT molecular complexity index is 885. The summed E-state index contributed by atoms with van der Waals surface area (Å²) >= 11 is 6.39. The summed E-state index contributed by atoms with van der Waals surface area (Å²) < 4.78 is 0. The Balaban J connectivity index is 1.46. The number of rotatable bonds is 3. The summed E-state index contributed by atoms with van der Waals surface area (Å²) in [5.74, 6) is 0.985. The van der Waals surface area contributed by atoms with Crippen LogP contribution in [0.3, 0.4) is 0 Å². The average Bonchev–Trinajstić information content (AvgIpc) is 2.64. The van der Waals surface area contributed by atoms with Crippen LogP contribution in [0.4, 0.5) is 5.82 Å². The second kappa shape index (κ2) is 7.03. The van der Waals surface area contributed by atoms with Crippen LogP contribution in [0.1, 0.15) is 11.1 Å². The lowest BCUT2D eigenvalue weighted by atomic mass is 10.1. The molecule has 0 amide bonds. The van der Waals surface area contributed by atoms with Gasteiger partial charge in [-0.25, -0.2) is 4.98 Å². The van der Waals surface area contributed by atoms with Crippen molar-refractivity contribution in [3.05, 3.63) is 70.9 Å². The van der Waals surface area contributed by atoms with Crippen molar-refractivity contribution in [3.8, 4) is 0 Å². The maximum Gasteiger partial charge on any atom is 0.139 e. The summed E-state index contributed by atoms with van der Waals surface area (Å²) in [4.78, 5) is 9.48. The van der Waals surface area contributed by atoms with Crippen LogP contribution < -0.4 is 4.90 Å². The largest absolute Gasteiger partial charge is 0.354 e. The van der Waals surface area contributed by atoms with Gasteiger partial charge >= 0.3 is 0 Å². The van der Waals surface area contributed by atoms with Crippen LogP contribution in [-0.4, -0.2) is 36.1 Å². The lowest BCUT2D eigenvalue weighted by Crippen LogP contribution is -2.46. The molecule has 0 saturated carbocycles. The van der Waals surface area contributed by atoms with Gasteiger partial charge in [0.1, 0.15) is 11.0 Å². The highest BCUT2D eigenvalue weighted by atomic mass is 35.5. The Morgan fingerprint density at radius 2 is 1.68 bits per heavy atom. The van der Waals surface area contributed by atoms with Gasteiger partial charge in [-0.3, -0.25) is 4.90 Å². The van der Waals surface area contributed by atoms with Crippen molar-refractivity contribution in [1.29, 1.82) is 0 Å². The van der Waals surface area contributed by atoms with E-state index < -0.39 is 0 Å². The fourth-order valence-corrected chi connectivity index (χ4v) is 3.73. The Labute approximate surface area is 153 Å². The minimum absolute atomic E-state index is 0.593. The number of hydrogen-bond acceptors (Lipinski definition) is 3. The summed E-state index contributed by atoms with van der Waals surface area (Å²) in [7, 11) is 0. The van der Waals surface area contributed by atoms with E-state index in [2.05, 4.69) is 58.1 Å². The highest BCUT2D eigenvalue weighted by Crippen LogP contribution is 2.27. The minimum Gasteiger partial charge on any atom is -0.354 e. The number of aromatic nitrogens is 1. The third kappa shape index (κ3) is 3.48. The molecule has 0 unspecified atom stereocenters. The van der Waals surface area contributed by atoms with Gasteiger partial charge in [-0.1, -0.05) is 60.1 Å². The normalized spacial score (nSPS) is 15.7. The maximum atomic E-state index is 6.39. The number of piperazine rings is 1. The molecule has 1 saturated heterocycles. The fraction of sp³-hybridized carbons (Fsp3) is 0.286. The molecule has 1 aliphatic rings. The van der Waals surface area contributed by atoms with Crippen molar-refractivity contribution in [2.75, 3.05) is 31.1 Å². The Morgan fingerprint density at radius 1 is 0.960 bits per heavy atom. The Kier molecular flexibility index (Phi) is 4.60. The van der Waals surface area contributed by atoms with E-state index in [1.807, 2.05) is 18.2 Å². The van der Waals surface area contributed by atoms with Crippen LogP contribution in [0.15, 0.2) is 54.6 Å². The number of benzene rings is 2. The van der Waals surface area contributed by atoms with Crippen LogP contribution in [0, 0.1) is 6.92 Å². The van der Waals surface area contributed by atoms with Crippen molar-refractivity contribution in [2.45, 2.75) is 13.5 Å². The molecule has 0 atom stereocenters. The third-order valence-electron chi connectivity index (χ3n) is 5.03. The number of hydrogen-bond donors (Lipinski definition) is 0. The van der Waals surface area contributed by atoms with Gasteiger partial charge in [-0.05, 0) is 29.5 Å². The zero-order valence-electron chi connectivity index (χ0n) is 14.5. The van der Waals surface area contributed by atoms with Gasteiger partial charge < -0.3 is 4.90 Å². The Morgan fingerprint density at radius 3 is 2.48 bits per heavy atom. The SMILES string of the molecule is Cc1ccccc1CN1CCN(c2cc3ccccc3c(Cl)n2)CC1. The van der Waals surface area contributed by atoms with Gasteiger partial charge in [-0.2, -0.15) is 0 Å². The quantitative estimate of drug-likeness (QED) is 0.647. The summed E-state index contributed by atoms with van der Waals surface area (Å²) in [6.07, 6.45) is 0. The van der Waals surface area contributed by atoms with Crippen LogP contribution in [0.5, 0.6) is 0 Å². The van der Waals surface area contributed by atoms with E-state index in [0.717, 1.165) is 49.3 Å². The smallest absolute Gasteiger partial charge is 0.139 e. The monoisotopic (exact) mass is 351 g/mol. The molecule has 2 aromatic carbocycles. The second-order valence-electron chi connectivity index (χ2n) is 6.68. The summed E-state index contributed by atoms with van der Waals surface area (Å²) in [5, 5.41) is 2.77. The van der Waals surface area contributed by atoms with Gasteiger partial charge in [0, 0.05) is 38.1 Å². The zero-order chi connectivity index (χ0) is 17.2. The number of aryl methyl sites for hydroxylation is 1. The average molecular weight is 352 g/mol. The fourth-order valence-electron chi connectivity index (χ4n) is 3.47. The highest BCUT2D eigenvalue weighted by Gasteiger charge is 2.19. The maximum absolute atomic E-state index is 6.39. The molecule has 3 aromatic rings. The van der Waals surface area contributed by atoms with Crippen molar-refractivity contribution in [1.82, 2.24) is 9.88 Å². The van der Waals surface area contributed by atoms with E-state index >= 15 is 0 Å². The van der Waals surface area contributed by atoms with Gasteiger partial charge in [0.2, 0.25) is 0 Å². The first-order chi connectivity index (χ1) is 12.2. The van der Waals surface area contributed by atoms with E-state index in [1.54, 1.807) is 0 Å². The van der Waals surface area contributed by atoms with Crippen molar-refractivity contribution in [3.63, 3.8) is 0 Å². The summed E-state index contributed by atoms with van der Waals surface area (Å²) in [6.45, 7) is 7.25. The molecule has 128 valence electrons. The van der Waals surface area contributed by atoms with E-state index in [9.17, 15) is 0 Å². The Hall–Kier alpha value is -2.10. The third-order valence-corrected chi connectivity index (χ3v) is 5.32. The van der Waals surface area contributed by atoms with E-state index in [4.69, 9.17) is 11.6 Å². The molecule has 1 aromatic heterocycles. The van der Waals surface area contributed by atoms with Crippen molar-refractivity contribution < 1.29 is 0 Å². The molecule has 4 rings (SSSR count). The molecule has 0 aliphatic carbocycles. The molecule has 1 fully saturated rings. The number of anilines is 1. The van der Waals surface area contributed by atoms with E-state index in [1.165, 1.54) is 11.1 Å². The van der Waals surface area contributed by atoms with Crippen LogP contribution in [0.2, 0.25) is 5.15 Å². The van der Waals surface area contributed by atoms with Gasteiger partial charge in [0.15, 0.2) is 0 Å². The topological polar surface area (TPSA) is 19.4 Å². The lowest BCUT2D eigenvalue weighted by Gasteiger charge is -2.35. The molecule has 0 spiro atoms. The molecule has 2 heterocycles. The predicted octanol–water partition coefficient (Wildman–Crippen LogP) is 4.52. The van der Waals surface area contributed by atoms with Crippen LogP contribution in [-0.2, 0) is 6.54 Å². The van der Waals surface area contributed by atoms with E-state index in [0.29, 0.717) is 5.15 Å².